The van der Waals surface area contributed by atoms with Crippen LogP contribution in [0.5, 0.6) is 11.5 Å². The van der Waals surface area contributed by atoms with Crippen LogP contribution in [-0.2, 0) is 6.42 Å². The Kier molecular flexibility index (Phi) is 5.79. The van der Waals surface area contributed by atoms with E-state index in [1.165, 1.54) is 12.1 Å². The number of hydrogen-bond acceptors (Lipinski definition) is 4. The van der Waals surface area contributed by atoms with E-state index >= 15 is 0 Å². The van der Waals surface area contributed by atoms with Gasteiger partial charge in [0.15, 0.2) is 0 Å². The van der Waals surface area contributed by atoms with E-state index in [1.54, 1.807) is 0 Å². The lowest BCUT2D eigenvalue weighted by Gasteiger charge is -2.25. The van der Waals surface area contributed by atoms with Gasteiger partial charge in [0.05, 0.1) is 12.6 Å². The first-order chi connectivity index (χ1) is 13.2. The minimum absolute atomic E-state index is 0.0531. The van der Waals surface area contributed by atoms with Crippen molar-refractivity contribution in [1.29, 1.82) is 0 Å². The number of rotatable bonds is 6. The highest BCUT2D eigenvalue weighted by molar-refractivity contribution is 5.94. The zero-order chi connectivity index (χ0) is 20.3. The van der Waals surface area contributed by atoms with Gasteiger partial charge in [-0.1, -0.05) is 12.1 Å². The average molecular weight is 394 g/mol. The molecule has 1 unspecified atom stereocenters. The Hall–Kier alpha value is -2.74. The molecule has 28 heavy (non-hydrogen) atoms. The second kappa shape index (κ2) is 8.10. The van der Waals surface area contributed by atoms with E-state index < -0.39 is 6.36 Å². The molecule has 1 atom stereocenters. The first-order valence-corrected chi connectivity index (χ1v) is 8.79. The number of amides is 1. The zero-order valence-corrected chi connectivity index (χ0v) is 15.5. The number of halogens is 3. The molecule has 0 radical (unpaired) electrons. The van der Waals surface area contributed by atoms with E-state index in [4.69, 9.17) is 4.74 Å². The first-order valence-electron chi connectivity index (χ1n) is 8.79. The number of alkyl halides is 3. The van der Waals surface area contributed by atoms with Crippen LogP contribution in [0.3, 0.4) is 0 Å². The third-order valence-electron chi connectivity index (χ3n) is 4.53. The van der Waals surface area contributed by atoms with E-state index in [1.807, 2.05) is 31.1 Å². The number of fused-ring (bicyclic) bond motifs is 1. The summed E-state index contributed by atoms with van der Waals surface area (Å²) in [6.45, 7) is 1.03. The maximum absolute atomic E-state index is 12.4. The van der Waals surface area contributed by atoms with E-state index in [-0.39, 0.29) is 23.3 Å². The van der Waals surface area contributed by atoms with Crippen LogP contribution in [0.2, 0.25) is 0 Å². The van der Waals surface area contributed by atoms with Crippen molar-refractivity contribution in [3.8, 4) is 11.5 Å². The highest BCUT2D eigenvalue weighted by Crippen LogP contribution is 2.29. The van der Waals surface area contributed by atoms with Gasteiger partial charge in [0.1, 0.15) is 11.5 Å². The number of ether oxygens (including phenoxy) is 2. The fourth-order valence-corrected chi connectivity index (χ4v) is 3.11. The predicted octanol–water partition coefficient (Wildman–Crippen LogP) is 3.55. The Balaban J connectivity index is 1.64. The van der Waals surface area contributed by atoms with Gasteiger partial charge in [-0.15, -0.1) is 13.2 Å². The standard InChI is InChI=1S/C20H21F3N2O3/c1-25(2)17(14-5-8-18-15(11-14)9-10-27-18)12-24-19(26)13-3-6-16(7-4-13)28-20(21,22)23/h3-8,11,17H,9-10,12H2,1-2H3,(H,24,26). The molecule has 5 nitrogen and oxygen atoms in total. The minimum atomic E-state index is -4.76. The van der Waals surface area contributed by atoms with Crippen LogP contribution in [0.25, 0.3) is 0 Å². The molecule has 8 heteroatoms. The molecule has 1 aliphatic rings. The molecule has 1 N–H and O–H groups in total. The van der Waals surface area contributed by atoms with Gasteiger partial charge in [0, 0.05) is 18.5 Å². The number of nitrogens with zero attached hydrogens (tertiary/aromatic N) is 1. The van der Waals surface area contributed by atoms with Crippen molar-refractivity contribution in [2.75, 3.05) is 27.2 Å². The molecule has 0 aromatic heterocycles. The van der Waals surface area contributed by atoms with E-state index in [0.29, 0.717) is 13.2 Å². The topological polar surface area (TPSA) is 50.8 Å². The Bertz CT molecular complexity index is 836. The summed E-state index contributed by atoms with van der Waals surface area (Å²) in [5.74, 6) is 0.164. The molecule has 0 saturated heterocycles. The highest BCUT2D eigenvalue weighted by atomic mass is 19.4. The molecule has 3 rings (SSSR count). The smallest absolute Gasteiger partial charge is 0.493 e. The molecule has 0 bridgehead atoms. The van der Waals surface area contributed by atoms with Gasteiger partial charge in [-0.3, -0.25) is 4.79 Å². The summed E-state index contributed by atoms with van der Waals surface area (Å²) in [5, 5.41) is 2.84. The van der Waals surface area contributed by atoms with Crippen molar-refractivity contribution in [2.45, 2.75) is 18.8 Å². The summed E-state index contributed by atoms with van der Waals surface area (Å²) >= 11 is 0. The maximum Gasteiger partial charge on any atom is 0.573 e. The van der Waals surface area contributed by atoms with Gasteiger partial charge in [-0.25, -0.2) is 0 Å². The lowest BCUT2D eigenvalue weighted by Crippen LogP contribution is -2.34. The predicted molar refractivity (Wildman–Crippen MR) is 97.5 cm³/mol. The number of benzene rings is 2. The third-order valence-corrected chi connectivity index (χ3v) is 4.53. The van der Waals surface area contributed by atoms with E-state index in [2.05, 4.69) is 16.1 Å². The molecular formula is C20H21F3N2O3. The van der Waals surface area contributed by atoms with Crippen molar-refractivity contribution in [1.82, 2.24) is 10.2 Å². The lowest BCUT2D eigenvalue weighted by molar-refractivity contribution is -0.274. The first kappa shape index (κ1) is 20.0. The second-order valence-corrected chi connectivity index (χ2v) is 6.73. The summed E-state index contributed by atoms with van der Waals surface area (Å²) in [6, 6.07) is 10.8. The monoisotopic (exact) mass is 394 g/mol. The molecule has 0 aliphatic carbocycles. The number of carbonyl (C=O) groups is 1. The SMILES string of the molecule is CN(C)C(CNC(=O)c1ccc(OC(F)(F)F)cc1)c1ccc2c(c1)CCO2. The fourth-order valence-electron chi connectivity index (χ4n) is 3.11. The molecule has 2 aromatic rings. The van der Waals surface area contributed by atoms with E-state index in [0.717, 1.165) is 35.4 Å². The number of hydrogen-bond donors (Lipinski definition) is 1. The van der Waals surface area contributed by atoms with Crippen LogP contribution in [0, 0.1) is 0 Å². The molecule has 0 fully saturated rings. The van der Waals surface area contributed by atoms with Crippen LogP contribution >= 0.6 is 0 Å². The molecule has 1 aliphatic heterocycles. The van der Waals surface area contributed by atoms with Crippen molar-refractivity contribution >= 4 is 5.91 Å². The average Bonchev–Trinajstić information content (AvgIpc) is 3.08. The normalized spacial score (nSPS) is 14.4. The van der Waals surface area contributed by atoms with Crippen molar-refractivity contribution in [2.24, 2.45) is 0 Å². The molecule has 0 saturated carbocycles. The van der Waals surface area contributed by atoms with Gasteiger partial charge in [0.25, 0.3) is 5.91 Å². The summed E-state index contributed by atoms with van der Waals surface area (Å²) in [5.41, 5.74) is 2.47. The maximum atomic E-state index is 12.4. The minimum Gasteiger partial charge on any atom is -0.493 e. The van der Waals surface area contributed by atoms with Crippen LogP contribution in [0.1, 0.15) is 27.5 Å². The molecule has 2 aromatic carbocycles. The van der Waals surface area contributed by atoms with Gasteiger partial charge in [-0.2, -0.15) is 0 Å². The Morgan fingerprint density at radius 2 is 1.93 bits per heavy atom. The van der Waals surface area contributed by atoms with Gasteiger partial charge < -0.3 is 19.7 Å². The Morgan fingerprint density at radius 3 is 2.57 bits per heavy atom. The summed E-state index contributed by atoms with van der Waals surface area (Å²) in [4.78, 5) is 14.4. The zero-order valence-electron chi connectivity index (χ0n) is 15.5. The molecule has 1 amide bonds. The van der Waals surface area contributed by atoms with Crippen LogP contribution in [-0.4, -0.2) is 44.4 Å². The summed E-state index contributed by atoms with van der Waals surface area (Å²) < 4.78 is 46.0. The molecular weight excluding hydrogens is 373 g/mol. The van der Waals surface area contributed by atoms with Crippen molar-refractivity contribution < 1.29 is 27.4 Å². The van der Waals surface area contributed by atoms with Gasteiger partial charge in [0.2, 0.25) is 0 Å². The lowest BCUT2D eigenvalue weighted by atomic mass is 10.0. The van der Waals surface area contributed by atoms with Crippen LogP contribution in [0.4, 0.5) is 13.2 Å². The van der Waals surface area contributed by atoms with Gasteiger partial charge >= 0.3 is 6.36 Å². The molecule has 0 spiro atoms. The van der Waals surface area contributed by atoms with E-state index in [9.17, 15) is 18.0 Å². The summed E-state index contributed by atoms with van der Waals surface area (Å²) in [6.07, 6.45) is -3.90. The van der Waals surface area contributed by atoms with Gasteiger partial charge in [-0.05, 0) is 55.6 Å². The number of likely N-dealkylation sites (N-methyl/N-ethyl adjacent to an activating group) is 1. The third kappa shape index (κ3) is 4.95. The largest absolute Gasteiger partial charge is 0.573 e. The number of carbonyl (C=O) groups excluding carboxylic acids is 1. The van der Waals surface area contributed by atoms with Crippen LogP contribution < -0.4 is 14.8 Å². The molecule has 1 heterocycles. The quantitative estimate of drug-likeness (QED) is 0.814. The Morgan fingerprint density at radius 1 is 1.21 bits per heavy atom. The molecule has 150 valence electrons. The van der Waals surface area contributed by atoms with Crippen molar-refractivity contribution in [3.63, 3.8) is 0 Å². The number of nitrogens with one attached hydrogen (secondary N) is 1. The highest BCUT2D eigenvalue weighted by Gasteiger charge is 2.31. The van der Waals surface area contributed by atoms with Crippen molar-refractivity contribution in [3.05, 3.63) is 59.2 Å². The second-order valence-electron chi connectivity index (χ2n) is 6.73. The Labute approximate surface area is 161 Å². The fraction of sp³-hybridized carbons (Fsp3) is 0.350. The van der Waals surface area contributed by atoms with Crippen LogP contribution in [0.15, 0.2) is 42.5 Å². The summed E-state index contributed by atoms with van der Waals surface area (Å²) in [7, 11) is 3.84.